The molecule has 1 amide bonds. The van der Waals surface area contributed by atoms with Crippen LogP contribution in [0.1, 0.15) is 65.5 Å². The first kappa shape index (κ1) is 35.1. The molecule has 0 fully saturated rings. The number of ether oxygens (including phenoxy) is 2. The van der Waals surface area contributed by atoms with E-state index in [1.165, 1.54) is 10.2 Å². The summed E-state index contributed by atoms with van der Waals surface area (Å²) in [5.41, 5.74) is 4.03. The minimum atomic E-state index is -0.473. The number of halogens is 1. The van der Waals surface area contributed by atoms with Crippen LogP contribution in [0, 0.1) is 6.57 Å². The maximum atomic E-state index is 14.0. The van der Waals surface area contributed by atoms with E-state index < -0.39 is 5.56 Å². The Bertz CT molecular complexity index is 2050. The van der Waals surface area contributed by atoms with Crippen LogP contribution in [0.25, 0.3) is 21.8 Å². The van der Waals surface area contributed by atoms with E-state index in [-0.39, 0.29) is 29.1 Å². The molecular weight excluding hydrogens is 636 g/mol. The predicted molar refractivity (Wildman–Crippen MR) is 197 cm³/mol. The zero-order valence-corrected chi connectivity index (χ0v) is 29.4. The molecule has 1 heterocycles. The average molecular weight is 677 g/mol. The van der Waals surface area contributed by atoms with Gasteiger partial charge < -0.3 is 14.8 Å². The number of nitrogens with one attached hydrogen (secondary N) is 2. The van der Waals surface area contributed by atoms with Gasteiger partial charge in [-0.25, -0.2) is 9.53 Å². The first-order valence-corrected chi connectivity index (χ1v) is 16.7. The molecule has 5 aromatic rings. The summed E-state index contributed by atoms with van der Waals surface area (Å²) in [5, 5.41) is 6.65. The van der Waals surface area contributed by atoms with Gasteiger partial charge in [0.05, 0.1) is 17.9 Å². The van der Waals surface area contributed by atoms with E-state index in [2.05, 4.69) is 68.9 Å². The number of rotatable bonds is 12. The highest BCUT2D eigenvalue weighted by Gasteiger charge is 2.27. The fourth-order valence-electron chi connectivity index (χ4n) is 5.31. The third-order valence-electron chi connectivity index (χ3n) is 9.20. The Morgan fingerprint density at radius 2 is 1.59 bits per heavy atom. The second kappa shape index (κ2) is 14.5. The molecule has 0 aliphatic carbocycles. The first-order chi connectivity index (χ1) is 23.4. The van der Waals surface area contributed by atoms with Crippen LogP contribution in [-0.2, 0) is 15.6 Å². The summed E-state index contributed by atoms with van der Waals surface area (Å²) in [7, 11) is 0. The molecule has 0 saturated carbocycles. The van der Waals surface area contributed by atoms with Gasteiger partial charge in [0.25, 0.3) is 5.91 Å². The van der Waals surface area contributed by atoms with Crippen molar-refractivity contribution in [1.29, 1.82) is 0 Å². The summed E-state index contributed by atoms with van der Waals surface area (Å²) in [4.78, 5) is 30.8. The fourth-order valence-corrected chi connectivity index (χ4v) is 5.44. The van der Waals surface area contributed by atoms with Crippen molar-refractivity contribution in [3.63, 3.8) is 0 Å². The summed E-state index contributed by atoms with van der Waals surface area (Å²) < 4.78 is 13.6. The molecule has 9 heteroatoms. The van der Waals surface area contributed by atoms with E-state index in [9.17, 15) is 9.59 Å². The van der Waals surface area contributed by atoms with Gasteiger partial charge in [0, 0.05) is 16.1 Å². The van der Waals surface area contributed by atoms with E-state index in [0.717, 1.165) is 18.4 Å². The number of H-pyrrole nitrogens is 1. The Morgan fingerprint density at radius 3 is 2.24 bits per heavy atom. The second-order valence-corrected chi connectivity index (χ2v) is 13.6. The summed E-state index contributed by atoms with van der Waals surface area (Å²) in [6, 6.07) is 26.8. The third-order valence-corrected chi connectivity index (χ3v) is 9.45. The maximum Gasteiger partial charge on any atom is 0.314 e. The highest BCUT2D eigenvalue weighted by Crippen LogP contribution is 2.39. The lowest BCUT2D eigenvalue weighted by atomic mass is 9.76. The molecule has 4 aromatic carbocycles. The van der Waals surface area contributed by atoms with Crippen molar-refractivity contribution < 1.29 is 14.3 Å². The van der Waals surface area contributed by atoms with Gasteiger partial charge in [0.1, 0.15) is 17.2 Å². The molecule has 2 N–H and O–H groups in total. The van der Waals surface area contributed by atoms with Crippen LogP contribution in [0.3, 0.4) is 0 Å². The number of para-hydroxylation sites is 2. The van der Waals surface area contributed by atoms with Crippen LogP contribution in [0.15, 0.2) is 95.8 Å². The van der Waals surface area contributed by atoms with Crippen LogP contribution < -0.4 is 20.3 Å². The molecule has 0 aliphatic rings. The number of benzene rings is 4. The van der Waals surface area contributed by atoms with Gasteiger partial charge >= 0.3 is 5.56 Å². The molecule has 49 heavy (non-hydrogen) atoms. The Labute approximate surface area is 292 Å². The zero-order chi connectivity index (χ0) is 35.3. The second-order valence-electron chi connectivity index (χ2n) is 13.2. The topological polar surface area (TPSA) is 89.7 Å². The number of anilines is 1. The molecule has 252 valence electrons. The van der Waals surface area contributed by atoms with Crippen LogP contribution in [0.5, 0.6) is 17.2 Å². The average Bonchev–Trinajstić information content (AvgIpc) is 3.42. The van der Waals surface area contributed by atoms with E-state index in [1.807, 2.05) is 6.07 Å². The standard InChI is InChI=1S/C40H41ClN4O4/c1-8-39(3,4)27-16-23-34(31(24-27)40(5,6)9-2)48-25-35(46)43-32-12-10-11-13-33(32)45-38(47)37(49-30-21-19-29(42-7)20-22-30)36(44-45)26-14-17-28(41)18-15-26/h10-24,44H,8-9,25H2,1-6H3,(H,43,46). The molecule has 0 radical (unpaired) electrons. The lowest BCUT2D eigenvalue weighted by molar-refractivity contribution is -0.118. The molecular formula is C40H41ClN4O4. The van der Waals surface area contributed by atoms with E-state index in [0.29, 0.717) is 44.8 Å². The Balaban J connectivity index is 1.45. The molecule has 0 saturated heterocycles. The highest BCUT2D eigenvalue weighted by atomic mass is 35.5. The van der Waals surface area contributed by atoms with Gasteiger partial charge in [0.2, 0.25) is 5.75 Å². The molecule has 5 rings (SSSR count). The van der Waals surface area contributed by atoms with Crippen molar-refractivity contribution in [3.8, 4) is 34.2 Å². The van der Waals surface area contributed by atoms with E-state index >= 15 is 0 Å². The molecule has 0 atom stereocenters. The van der Waals surface area contributed by atoms with Crippen LogP contribution >= 0.6 is 11.6 Å². The number of hydrogen-bond acceptors (Lipinski definition) is 4. The minimum Gasteiger partial charge on any atom is -0.483 e. The van der Waals surface area contributed by atoms with Crippen molar-refractivity contribution in [2.45, 2.75) is 65.2 Å². The minimum absolute atomic E-state index is 0.00939. The molecule has 0 unspecified atom stereocenters. The maximum absolute atomic E-state index is 14.0. The van der Waals surface area contributed by atoms with Gasteiger partial charge in [-0.05, 0) is 71.7 Å². The van der Waals surface area contributed by atoms with Crippen molar-refractivity contribution >= 4 is 28.9 Å². The smallest absolute Gasteiger partial charge is 0.314 e. The summed E-state index contributed by atoms with van der Waals surface area (Å²) >= 11 is 6.15. The van der Waals surface area contributed by atoms with Gasteiger partial charge in [-0.15, -0.1) is 0 Å². The van der Waals surface area contributed by atoms with Gasteiger partial charge in [-0.3, -0.25) is 14.7 Å². The van der Waals surface area contributed by atoms with Crippen molar-refractivity contribution in [2.24, 2.45) is 0 Å². The number of nitrogens with zero attached hydrogens (tertiary/aromatic N) is 2. The van der Waals surface area contributed by atoms with Crippen LogP contribution in [-0.4, -0.2) is 22.3 Å². The van der Waals surface area contributed by atoms with E-state index in [1.54, 1.807) is 72.8 Å². The number of aromatic amines is 1. The molecule has 1 aromatic heterocycles. The Kier molecular flexibility index (Phi) is 10.4. The fraction of sp³-hybridized carbons (Fsp3) is 0.275. The molecule has 0 spiro atoms. The van der Waals surface area contributed by atoms with Crippen molar-refractivity contribution in [1.82, 2.24) is 9.78 Å². The lowest BCUT2D eigenvalue weighted by Crippen LogP contribution is -2.25. The molecule has 0 bridgehead atoms. The number of carbonyl (C=O) groups is 1. The van der Waals surface area contributed by atoms with Gasteiger partial charge in [0.15, 0.2) is 12.3 Å². The number of aromatic nitrogens is 2. The zero-order valence-electron chi connectivity index (χ0n) is 28.7. The third kappa shape index (κ3) is 7.74. The SMILES string of the molecule is [C-]#[N+]c1ccc(Oc2c(-c3ccc(Cl)cc3)[nH]n(-c3ccccc3NC(=O)COc3ccc(C(C)(C)CC)cc3C(C)(C)CC)c2=O)cc1. The molecule has 0 aliphatic heterocycles. The monoisotopic (exact) mass is 676 g/mol. The Morgan fingerprint density at radius 1 is 0.918 bits per heavy atom. The quantitative estimate of drug-likeness (QED) is 0.129. The van der Waals surface area contributed by atoms with Crippen molar-refractivity contribution in [3.05, 3.63) is 129 Å². The molecule has 8 nitrogen and oxygen atoms in total. The van der Waals surface area contributed by atoms with Gasteiger partial charge in [-0.1, -0.05) is 102 Å². The summed E-state index contributed by atoms with van der Waals surface area (Å²) in [6.45, 7) is 20.2. The largest absolute Gasteiger partial charge is 0.483 e. The Hall–Kier alpha value is -5.26. The van der Waals surface area contributed by atoms with Crippen molar-refractivity contribution in [2.75, 3.05) is 11.9 Å². The summed E-state index contributed by atoms with van der Waals surface area (Å²) in [6.07, 6.45) is 1.90. The normalized spacial score (nSPS) is 11.6. The van der Waals surface area contributed by atoms with Crippen LogP contribution in [0.4, 0.5) is 11.4 Å². The highest BCUT2D eigenvalue weighted by molar-refractivity contribution is 6.30. The number of amides is 1. The van der Waals surface area contributed by atoms with Gasteiger partial charge in [-0.2, -0.15) is 0 Å². The predicted octanol–water partition coefficient (Wildman–Crippen LogP) is 10.2. The van der Waals surface area contributed by atoms with E-state index in [4.69, 9.17) is 27.6 Å². The van der Waals surface area contributed by atoms with Crippen LogP contribution in [0.2, 0.25) is 5.02 Å². The number of hydrogen-bond donors (Lipinski definition) is 2. The summed E-state index contributed by atoms with van der Waals surface area (Å²) in [5.74, 6) is 0.731. The number of carbonyl (C=O) groups excluding carboxylic acids is 1. The first-order valence-electron chi connectivity index (χ1n) is 16.3. The lowest BCUT2D eigenvalue weighted by Gasteiger charge is -2.30.